The van der Waals surface area contributed by atoms with E-state index in [0.29, 0.717) is 18.9 Å². The summed E-state index contributed by atoms with van der Waals surface area (Å²) in [6.45, 7) is 1.34. The Kier molecular flexibility index (Phi) is 5.16. The number of amides is 2. The van der Waals surface area contributed by atoms with Crippen molar-refractivity contribution >= 4 is 17.7 Å². The predicted molar refractivity (Wildman–Crippen MR) is 78.4 cm³/mol. The van der Waals surface area contributed by atoms with Gasteiger partial charge in [0.2, 0.25) is 0 Å². The van der Waals surface area contributed by atoms with Crippen LogP contribution < -0.4 is 4.90 Å². The van der Waals surface area contributed by atoms with Crippen molar-refractivity contribution < 1.29 is 19.4 Å². The maximum absolute atomic E-state index is 12.6. The van der Waals surface area contributed by atoms with Crippen molar-refractivity contribution in [3.8, 4) is 0 Å². The molecule has 2 rings (SSSR count). The molecular formula is C15H20N2O4. The molecule has 1 aromatic rings. The van der Waals surface area contributed by atoms with Crippen LogP contribution in [0.1, 0.15) is 12.8 Å². The highest BCUT2D eigenvalue weighted by molar-refractivity contribution is 5.92. The van der Waals surface area contributed by atoms with Crippen LogP contribution in [-0.2, 0) is 9.53 Å². The van der Waals surface area contributed by atoms with Crippen molar-refractivity contribution in [3.63, 3.8) is 0 Å². The van der Waals surface area contributed by atoms with Gasteiger partial charge in [0.25, 0.3) is 0 Å². The molecule has 0 spiro atoms. The third-order valence-electron chi connectivity index (χ3n) is 3.60. The third kappa shape index (κ3) is 3.95. The largest absolute Gasteiger partial charge is 0.481 e. The maximum atomic E-state index is 12.6. The molecule has 0 bridgehead atoms. The van der Waals surface area contributed by atoms with Gasteiger partial charge >= 0.3 is 12.0 Å². The van der Waals surface area contributed by atoms with Gasteiger partial charge in [0.05, 0.1) is 19.1 Å². The number of benzene rings is 1. The third-order valence-corrected chi connectivity index (χ3v) is 3.60. The molecule has 0 radical (unpaired) electrons. The Morgan fingerprint density at radius 3 is 2.62 bits per heavy atom. The number of hydrogen-bond donors (Lipinski definition) is 1. The molecule has 0 saturated carbocycles. The van der Waals surface area contributed by atoms with Gasteiger partial charge in [0.1, 0.15) is 0 Å². The van der Waals surface area contributed by atoms with Crippen LogP contribution in [0, 0.1) is 0 Å². The Morgan fingerprint density at radius 2 is 2.05 bits per heavy atom. The number of carbonyl (C=O) groups excluding carboxylic acids is 1. The number of ether oxygens (including phenoxy) is 1. The van der Waals surface area contributed by atoms with E-state index in [0.717, 1.165) is 6.42 Å². The number of anilines is 1. The first-order valence-electron chi connectivity index (χ1n) is 6.98. The van der Waals surface area contributed by atoms with Gasteiger partial charge in [-0.2, -0.15) is 0 Å². The smallest absolute Gasteiger partial charge is 0.324 e. The van der Waals surface area contributed by atoms with Crippen molar-refractivity contribution in [2.24, 2.45) is 0 Å². The molecule has 6 heteroatoms. The average molecular weight is 292 g/mol. The Bertz CT molecular complexity index is 486. The summed E-state index contributed by atoms with van der Waals surface area (Å²) in [6.07, 6.45) is 0.722. The molecular weight excluding hydrogens is 272 g/mol. The number of urea groups is 1. The van der Waals surface area contributed by atoms with Gasteiger partial charge in [0, 0.05) is 25.9 Å². The molecule has 1 aliphatic rings. The minimum absolute atomic E-state index is 0.0496. The molecule has 0 aliphatic carbocycles. The number of likely N-dealkylation sites (N-methyl/N-ethyl adjacent to an activating group) is 1. The van der Waals surface area contributed by atoms with Gasteiger partial charge < -0.3 is 14.7 Å². The molecule has 0 aromatic heterocycles. The fraction of sp³-hybridized carbons (Fsp3) is 0.467. The zero-order valence-electron chi connectivity index (χ0n) is 12.1. The molecule has 1 unspecified atom stereocenters. The van der Waals surface area contributed by atoms with E-state index in [4.69, 9.17) is 9.84 Å². The Morgan fingerprint density at radius 1 is 1.33 bits per heavy atom. The standard InChI is InChI=1S/C15H20N2O4/c1-16(13-8-10-21-11-13)15(20)17(9-7-14(18)19)12-5-3-2-4-6-12/h2-6,13H,7-11H2,1H3,(H,18,19). The predicted octanol–water partition coefficient (Wildman–Crippen LogP) is 1.81. The zero-order valence-corrected chi connectivity index (χ0v) is 12.1. The van der Waals surface area contributed by atoms with Crippen LogP contribution in [0.2, 0.25) is 0 Å². The summed E-state index contributed by atoms with van der Waals surface area (Å²) in [4.78, 5) is 26.6. The number of para-hydroxylation sites is 1. The minimum Gasteiger partial charge on any atom is -0.481 e. The second kappa shape index (κ2) is 7.08. The number of carbonyl (C=O) groups is 2. The van der Waals surface area contributed by atoms with E-state index in [9.17, 15) is 9.59 Å². The number of hydrogen-bond acceptors (Lipinski definition) is 3. The first kappa shape index (κ1) is 15.3. The van der Waals surface area contributed by atoms with Gasteiger partial charge in [-0.15, -0.1) is 0 Å². The van der Waals surface area contributed by atoms with E-state index in [2.05, 4.69) is 0 Å². The molecule has 2 amide bonds. The van der Waals surface area contributed by atoms with Crippen LogP contribution in [0.4, 0.5) is 10.5 Å². The van der Waals surface area contributed by atoms with Crippen molar-refractivity contribution in [2.45, 2.75) is 18.9 Å². The zero-order chi connectivity index (χ0) is 15.2. The SMILES string of the molecule is CN(C(=O)N(CCC(=O)O)c1ccccc1)C1CCOC1. The lowest BCUT2D eigenvalue weighted by atomic mass is 10.2. The second-order valence-electron chi connectivity index (χ2n) is 5.04. The summed E-state index contributed by atoms with van der Waals surface area (Å²) >= 11 is 0. The van der Waals surface area contributed by atoms with Crippen LogP contribution in [-0.4, -0.2) is 54.9 Å². The lowest BCUT2D eigenvalue weighted by Crippen LogP contribution is -2.47. The molecule has 1 fully saturated rings. The molecule has 114 valence electrons. The fourth-order valence-electron chi connectivity index (χ4n) is 2.32. The van der Waals surface area contributed by atoms with Crippen molar-refractivity contribution in [1.29, 1.82) is 0 Å². The molecule has 1 heterocycles. The fourth-order valence-corrected chi connectivity index (χ4v) is 2.32. The van der Waals surface area contributed by atoms with E-state index < -0.39 is 5.97 Å². The summed E-state index contributed by atoms with van der Waals surface area (Å²) in [7, 11) is 1.73. The number of carboxylic acids is 1. The van der Waals surface area contributed by atoms with E-state index in [1.165, 1.54) is 4.90 Å². The van der Waals surface area contributed by atoms with Gasteiger partial charge in [0.15, 0.2) is 0 Å². The second-order valence-corrected chi connectivity index (χ2v) is 5.04. The Labute approximate surface area is 123 Å². The van der Waals surface area contributed by atoms with E-state index in [-0.39, 0.29) is 25.0 Å². The summed E-state index contributed by atoms with van der Waals surface area (Å²) in [5, 5.41) is 8.87. The molecule has 1 N–H and O–H groups in total. The lowest BCUT2D eigenvalue weighted by molar-refractivity contribution is -0.136. The molecule has 6 nitrogen and oxygen atoms in total. The summed E-state index contributed by atoms with van der Waals surface area (Å²) in [6, 6.07) is 8.98. The average Bonchev–Trinajstić information content (AvgIpc) is 3.01. The monoisotopic (exact) mass is 292 g/mol. The highest BCUT2D eigenvalue weighted by Gasteiger charge is 2.28. The van der Waals surface area contributed by atoms with Crippen LogP contribution >= 0.6 is 0 Å². The Hall–Kier alpha value is -2.08. The number of aliphatic carboxylic acids is 1. The van der Waals surface area contributed by atoms with Gasteiger partial charge in [-0.25, -0.2) is 4.79 Å². The molecule has 1 atom stereocenters. The first-order valence-corrected chi connectivity index (χ1v) is 6.98. The molecule has 1 saturated heterocycles. The lowest BCUT2D eigenvalue weighted by Gasteiger charge is -2.31. The minimum atomic E-state index is -0.921. The molecule has 1 aromatic carbocycles. The van der Waals surface area contributed by atoms with Crippen molar-refractivity contribution in [2.75, 3.05) is 31.7 Å². The number of rotatable bonds is 5. The Balaban J connectivity index is 2.13. The normalized spacial score (nSPS) is 17.5. The summed E-state index contributed by atoms with van der Waals surface area (Å²) in [5.74, 6) is -0.921. The van der Waals surface area contributed by atoms with Crippen LogP contribution in [0.15, 0.2) is 30.3 Å². The number of nitrogens with zero attached hydrogens (tertiary/aromatic N) is 2. The summed E-state index contributed by atoms with van der Waals surface area (Å²) in [5.41, 5.74) is 0.703. The van der Waals surface area contributed by atoms with Gasteiger partial charge in [-0.05, 0) is 18.6 Å². The van der Waals surface area contributed by atoms with E-state index in [1.807, 2.05) is 18.2 Å². The topological polar surface area (TPSA) is 70.1 Å². The maximum Gasteiger partial charge on any atom is 0.324 e. The number of carboxylic acid groups (broad SMARTS) is 1. The van der Waals surface area contributed by atoms with Crippen LogP contribution in [0.3, 0.4) is 0 Å². The van der Waals surface area contributed by atoms with Crippen molar-refractivity contribution in [1.82, 2.24) is 4.90 Å². The highest BCUT2D eigenvalue weighted by atomic mass is 16.5. The van der Waals surface area contributed by atoms with Gasteiger partial charge in [-0.3, -0.25) is 9.69 Å². The van der Waals surface area contributed by atoms with E-state index in [1.54, 1.807) is 24.1 Å². The molecule has 21 heavy (non-hydrogen) atoms. The van der Waals surface area contributed by atoms with Crippen LogP contribution in [0.25, 0.3) is 0 Å². The summed E-state index contributed by atoms with van der Waals surface area (Å²) < 4.78 is 5.31. The van der Waals surface area contributed by atoms with Crippen LogP contribution in [0.5, 0.6) is 0 Å². The van der Waals surface area contributed by atoms with Crippen molar-refractivity contribution in [3.05, 3.63) is 30.3 Å². The quantitative estimate of drug-likeness (QED) is 0.898. The first-order chi connectivity index (χ1) is 10.1. The molecule has 1 aliphatic heterocycles. The highest BCUT2D eigenvalue weighted by Crippen LogP contribution is 2.19. The van der Waals surface area contributed by atoms with E-state index >= 15 is 0 Å². The van der Waals surface area contributed by atoms with Gasteiger partial charge in [-0.1, -0.05) is 18.2 Å².